The zero-order valence-corrected chi connectivity index (χ0v) is 11.3. The van der Waals surface area contributed by atoms with Crippen LogP contribution >= 0.6 is 0 Å². The number of nitrogens with two attached hydrogens (primary N) is 1. The molecule has 0 bridgehead atoms. The Morgan fingerprint density at radius 3 is 2.50 bits per heavy atom. The summed E-state index contributed by atoms with van der Waals surface area (Å²) in [5.74, 6) is 0.880. The van der Waals surface area contributed by atoms with Crippen LogP contribution in [0.25, 0.3) is 0 Å². The Morgan fingerprint density at radius 2 is 1.94 bits per heavy atom. The first-order valence-electron chi connectivity index (χ1n) is 6.40. The van der Waals surface area contributed by atoms with Gasteiger partial charge in [0.1, 0.15) is 5.75 Å². The van der Waals surface area contributed by atoms with E-state index < -0.39 is 0 Å². The first kappa shape index (κ1) is 14.5. The van der Waals surface area contributed by atoms with Crippen LogP contribution < -0.4 is 10.5 Å². The maximum Gasteiger partial charge on any atom is 0.119 e. The summed E-state index contributed by atoms with van der Waals surface area (Å²) < 4.78 is 5.64. The fraction of sp³-hybridized carbons (Fsp3) is 0.533. The molecule has 0 atom stereocenters. The van der Waals surface area contributed by atoms with Gasteiger partial charge in [-0.15, -0.1) is 0 Å². The lowest BCUT2D eigenvalue weighted by molar-refractivity contribution is 0.284. The quantitative estimate of drug-likeness (QED) is 0.752. The van der Waals surface area contributed by atoms with Crippen LogP contribution in [0.2, 0.25) is 0 Å². The Bertz CT molecular complexity index is 390. The molecular formula is C15H22N2O. The first-order chi connectivity index (χ1) is 8.57. The average molecular weight is 246 g/mol. The second-order valence-corrected chi connectivity index (χ2v) is 5.13. The van der Waals surface area contributed by atoms with E-state index in [2.05, 4.69) is 6.07 Å². The minimum Gasteiger partial charge on any atom is -0.494 e. The molecule has 0 spiro atoms. The molecule has 2 N–H and O–H groups in total. The average Bonchev–Trinajstić information content (AvgIpc) is 2.37. The van der Waals surface area contributed by atoms with Gasteiger partial charge in [0.25, 0.3) is 0 Å². The lowest BCUT2D eigenvalue weighted by atomic mass is 9.90. The molecule has 1 aromatic carbocycles. The summed E-state index contributed by atoms with van der Waals surface area (Å²) in [6.07, 6.45) is 2.65. The van der Waals surface area contributed by atoms with E-state index in [-0.39, 0.29) is 5.41 Å². The van der Waals surface area contributed by atoms with Crippen LogP contribution in [0.4, 0.5) is 0 Å². The molecule has 0 fully saturated rings. The third kappa shape index (κ3) is 5.20. The van der Waals surface area contributed by atoms with Crippen molar-refractivity contribution in [3.63, 3.8) is 0 Å². The first-order valence-corrected chi connectivity index (χ1v) is 6.40. The predicted molar refractivity (Wildman–Crippen MR) is 73.3 cm³/mol. The summed E-state index contributed by atoms with van der Waals surface area (Å²) in [6, 6.07) is 10.3. The Kier molecular flexibility index (Phi) is 5.67. The van der Waals surface area contributed by atoms with Gasteiger partial charge in [-0.05, 0) is 57.4 Å². The largest absolute Gasteiger partial charge is 0.494 e. The third-order valence-corrected chi connectivity index (χ3v) is 2.87. The van der Waals surface area contributed by atoms with Gasteiger partial charge in [0.15, 0.2) is 0 Å². The van der Waals surface area contributed by atoms with E-state index >= 15 is 0 Å². The molecule has 0 aliphatic heterocycles. The maximum atomic E-state index is 8.89. The monoisotopic (exact) mass is 246 g/mol. The minimum atomic E-state index is -0.256. The van der Waals surface area contributed by atoms with Gasteiger partial charge in [0.05, 0.1) is 18.1 Å². The van der Waals surface area contributed by atoms with Crippen LogP contribution in [0.5, 0.6) is 5.75 Å². The molecule has 0 heterocycles. The molecule has 1 aromatic rings. The zero-order chi connectivity index (χ0) is 13.4. The van der Waals surface area contributed by atoms with Gasteiger partial charge in [-0.2, -0.15) is 5.26 Å². The molecule has 0 unspecified atom stereocenters. The van der Waals surface area contributed by atoms with Gasteiger partial charge < -0.3 is 10.5 Å². The van der Waals surface area contributed by atoms with E-state index in [9.17, 15) is 0 Å². The topological polar surface area (TPSA) is 59.0 Å². The van der Waals surface area contributed by atoms with Crippen molar-refractivity contribution >= 4 is 0 Å². The van der Waals surface area contributed by atoms with Crippen molar-refractivity contribution in [3.8, 4) is 11.8 Å². The number of nitrogens with zero attached hydrogens (tertiary/aromatic N) is 1. The van der Waals surface area contributed by atoms with E-state index in [4.69, 9.17) is 15.7 Å². The molecule has 1 rings (SSSR count). The fourth-order valence-corrected chi connectivity index (χ4v) is 1.68. The Balaban J connectivity index is 2.30. The standard InChI is InChI=1S/C15H22N2O/c1-15(2,12-17)9-3-11-18-14-6-4-13(5-7-14)8-10-16/h4-7H,3,8-11,16H2,1-2H3. The van der Waals surface area contributed by atoms with Crippen LogP contribution in [-0.2, 0) is 6.42 Å². The number of benzene rings is 1. The van der Waals surface area contributed by atoms with Crippen molar-refractivity contribution in [3.05, 3.63) is 29.8 Å². The molecule has 3 heteroatoms. The van der Waals surface area contributed by atoms with Crippen LogP contribution in [0.15, 0.2) is 24.3 Å². The Morgan fingerprint density at radius 1 is 1.28 bits per heavy atom. The van der Waals surface area contributed by atoms with Crippen molar-refractivity contribution in [2.24, 2.45) is 11.1 Å². The third-order valence-electron chi connectivity index (χ3n) is 2.87. The van der Waals surface area contributed by atoms with E-state index in [1.165, 1.54) is 5.56 Å². The van der Waals surface area contributed by atoms with Crippen molar-refractivity contribution in [1.82, 2.24) is 0 Å². The number of nitriles is 1. The molecule has 98 valence electrons. The number of hydrogen-bond donors (Lipinski definition) is 1. The molecule has 0 aliphatic carbocycles. The lowest BCUT2D eigenvalue weighted by Crippen LogP contribution is -2.10. The van der Waals surface area contributed by atoms with E-state index in [1.54, 1.807) is 0 Å². The van der Waals surface area contributed by atoms with Crippen molar-refractivity contribution in [1.29, 1.82) is 5.26 Å². The molecule has 3 nitrogen and oxygen atoms in total. The predicted octanol–water partition coefficient (Wildman–Crippen LogP) is 2.90. The Labute approximate surface area is 110 Å². The minimum absolute atomic E-state index is 0.256. The van der Waals surface area contributed by atoms with Crippen molar-refractivity contribution < 1.29 is 4.74 Å². The van der Waals surface area contributed by atoms with Gasteiger partial charge in [0.2, 0.25) is 0 Å². The molecule has 0 aliphatic rings. The van der Waals surface area contributed by atoms with Crippen LogP contribution in [-0.4, -0.2) is 13.2 Å². The van der Waals surface area contributed by atoms with E-state index in [1.807, 2.05) is 38.1 Å². The highest BCUT2D eigenvalue weighted by molar-refractivity contribution is 5.27. The lowest BCUT2D eigenvalue weighted by Gasteiger charge is -2.14. The van der Waals surface area contributed by atoms with Gasteiger partial charge in [0, 0.05) is 0 Å². The molecule has 0 amide bonds. The maximum absolute atomic E-state index is 8.89. The number of hydrogen-bond acceptors (Lipinski definition) is 3. The fourth-order valence-electron chi connectivity index (χ4n) is 1.68. The number of rotatable bonds is 7. The van der Waals surface area contributed by atoms with Crippen LogP contribution in [0, 0.1) is 16.7 Å². The van der Waals surface area contributed by atoms with E-state index in [0.29, 0.717) is 13.2 Å². The van der Waals surface area contributed by atoms with Crippen LogP contribution in [0.1, 0.15) is 32.3 Å². The molecule has 18 heavy (non-hydrogen) atoms. The Hall–Kier alpha value is -1.53. The molecule has 0 saturated heterocycles. The highest BCUT2D eigenvalue weighted by Crippen LogP contribution is 2.21. The van der Waals surface area contributed by atoms with Gasteiger partial charge in [-0.25, -0.2) is 0 Å². The molecular weight excluding hydrogens is 224 g/mol. The summed E-state index contributed by atoms with van der Waals surface area (Å²) in [4.78, 5) is 0. The second kappa shape index (κ2) is 7.03. The van der Waals surface area contributed by atoms with Gasteiger partial charge >= 0.3 is 0 Å². The molecule has 0 aromatic heterocycles. The number of ether oxygens (including phenoxy) is 1. The SMILES string of the molecule is CC(C)(C#N)CCCOc1ccc(CCN)cc1. The summed E-state index contributed by atoms with van der Waals surface area (Å²) in [5, 5.41) is 8.89. The zero-order valence-electron chi connectivity index (χ0n) is 11.3. The summed E-state index contributed by atoms with van der Waals surface area (Å²) in [6.45, 7) is 5.23. The van der Waals surface area contributed by atoms with Crippen LogP contribution in [0.3, 0.4) is 0 Å². The summed E-state index contributed by atoms with van der Waals surface area (Å²) in [7, 11) is 0. The van der Waals surface area contributed by atoms with E-state index in [0.717, 1.165) is 25.0 Å². The highest BCUT2D eigenvalue weighted by Gasteiger charge is 2.15. The molecule has 0 radical (unpaired) electrons. The van der Waals surface area contributed by atoms with Gasteiger partial charge in [-0.1, -0.05) is 12.1 Å². The van der Waals surface area contributed by atoms with Crippen molar-refractivity contribution in [2.45, 2.75) is 33.1 Å². The smallest absolute Gasteiger partial charge is 0.119 e. The van der Waals surface area contributed by atoms with Gasteiger partial charge in [-0.3, -0.25) is 0 Å². The van der Waals surface area contributed by atoms with Crippen molar-refractivity contribution in [2.75, 3.05) is 13.2 Å². The molecule has 0 saturated carbocycles. The summed E-state index contributed by atoms with van der Waals surface area (Å²) in [5.41, 5.74) is 6.47. The summed E-state index contributed by atoms with van der Waals surface area (Å²) >= 11 is 0. The normalized spacial score (nSPS) is 11.0. The highest BCUT2D eigenvalue weighted by atomic mass is 16.5. The second-order valence-electron chi connectivity index (χ2n) is 5.13.